The van der Waals surface area contributed by atoms with E-state index in [1.165, 1.54) is 12.1 Å². The highest BCUT2D eigenvalue weighted by Crippen LogP contribution is 2.20. The molecule has 5 nitrogen and oxygen atoms in total. The molecule has 0 aliphatic heterocycles. The number of hydrogen-bond donors (Lipinski definition) is 1. The molecule has 2 heterocycles. The number of aromatic nitrogens is 3. The van der Waals surface area contributed by atoms with Crippen LogP contribution in [-0.4, -0.2) is 20.7 Å². The van der Waals surface area contributed by atoms with Crippen LogP contribution in [-0.2, 0) is 7.05 Å². The van der Waals surface area contributed by atoms with Crippen molar-refractivity contribution in [1.29, 1.82) is 0 Å². The first-order chi connectivity index (χ1) is 11.0. The second kappa shape index (κ2) is 6.00. The van der Waals surface area contributed by atoms with Crippen molar-refractivity contribution in [3.63, 3.8) is 0 Å². The van der Waals surface area contributed by atoms with Crippen LogP contribution >= 0.6 is 0 Å². The highest BCUT2D eigenvalue weighted by molar-refractivity contribution is 6.04. The second-order valence-electron chi connectivity index (χ2n) is 5.17. The van der Waals surface area contributed by atoms with Crippen molar-refractivity contribution in [1.82, 2.24) is 14.8 Å². The Morgan fingerprint density at radius 3 is 2.48 bits per heavy atom. The number of halogens is 1. The number of hydrogen-bond acceptors (Lipinski definition) is 3. The van der Waals surface area contributed by atoms with Crippen molar-refractivity contribution in [3.8, 4) is 11.3 Å². The maximum atomic E-state index is 13.0. The van der Waals surface area contributed by atoms with Gasteiger partial charge in [-0.1, -0.05) is 0 Å². The lowest BCUT2D eigenvalue weighted by Gasteiger charge is -2.08. The van der Waals surface area contributed by atoms with Crippen molar-refractivity contribution in [2.24, 2.45) is 7.05 Å². The van der Waals surface area contributed by atoms with E-state index in [0.29, 0.717) is 22.8 Å². The third kappa shape index (κ3) is 3.26. The Bertz CT molecular complexity index is 855. The van der Waals surface area contributed by atoms with Crippen molar-refractivity contribution in [2.45, 2.75) is 6.92 Å². The van der Waals surface area contributed by atoms with E-state index in [-0.39, 0.29) is 11.7 Å². The zero-order valence-corrected chi connectivity index (χ0v) is 12.7. The molecule has 0 aliphatic rings. The van der Waals surface area contributed by atoms with E-state index in [0.717, 1.165) is 5.56 Å². The molecule has 1 N–H and O–H groups in total. The van der Waals surface area contributed by atoms with E-state index in [1.54, 1.807) is 55.2 Å². The van der Waals surface area contributed by atoms with Gasteiger partial charge in [0.2, 0.25) is 0 Å². The van der Waals surface area contributed by atoms with E-state index >= 15 is 0 Å². The maximum Gasteiger partial charge on any atom is 0.258 e. The summed E-state index contributed by atoms with van der Waals surface area (Å²) in [6.45, 7) is 1.76. The van der Waals surface area contributed by atoms with Gasteiger partial charge >= 0.3 is 0 Å². The molecule has 6 heteroatoms. The number of pyridine rings is 1. The molecule has 0 bridgehead atoms. The van der Waals surface area contributed by atoms with Crippen LogP contribution in [0.2, 0.25) is 0 Å². The number of amides is 1. The lowest BCUT2D eigenvalue weighted by molar-refractivity contribution is 0.102. The smallest absolute Gasteiger partial charge is 0.258 e. The monoisotopic (exact) mass is 310 g/mol. The fraction of sp³-hybridized carbons (Fsp3) is 0.118. The summed E-state index contributed by atoms with van der Waals surface area (Å²) in [4.78, 5) is 16.7. The minimum Gasteiger partial charge on any atom is -0.305 e. The first kappa shape index (κ1) is 14.9. The number of nitrogens with zero attached hydrogens (tertiary/aromatic N) is 3. The van der Waals surface area contributed by atoms with Crippen LogP contribution in [0, 0.1) is 12.7 Å². The van der Waals surface area contributed by atoms with Crippen LogP contribution in [0.4, 0.5) is 10.2 Å². The Labute approximate surface area is 132 Å². The Balaban J connectivity index is 1.84. The summed E-state index contributed by atoms with van der Waals surface area (Å²) >= 11 is 0. The predicted molar refractivity (Wildman–Crippen MR) is 85.5 cm³/mol. The number of nitrogens with one attached hydrogen (secondary N) is 1. The summed E-state index contributed by atoms with van der Waals surface area (Å²) < 4.78 is 14.6. The third-order valence-electron chi connectivity index (χ3n) is 3.43. The first-order valence-corrected chi connectivity index (χ1v) is 7.07. The largest absolute Gasteiger partial charge is 0.305 e. The molecule has 0 radical (unpaired) electrons. The molecule has 0 fully saturated rings. The fourth-order valence-corrected chi connectivity index (χ4v) is 2.25. The summed E-state index contributed by atoms with van der Waals surface area (Å²) in [5.74, 6) is -0.0734. The molecule has 23 heavy (non-hydrogen) atoms. The average Bonchev–Trinajstić information content (AvgIpc) is 2.92. The van der Waals surface area contributed by atoms with Gasteiger partial charge in [-0.3, -0.25) is 14.5 Å². The quantitative estimate of drug-likeness (QED) is 0.808. The minimum absolute atomic E-state index is 0.264. The molecule has 116 valence electrons. The molecule has 0 saturated heterocycles. The van der Waals surface area contributed by atoms with Gasteiger partial charge in [0.15, 0.2) is 5.82 Å². The number of anilines is 1. The molecule has 0 aliphatic carbocycles. The van der Waals surface area contributed by atoms with E-state index in [4.69, 9.17) is 0 Å². The van der Waals surface area contributed by atoms with Gasteiger partial charge in [0.1, 0.15) is 5.82 Å². The summed E-state index contributed by atoms with van der Waals surface area (Å²) in [6.07, 6.45) is 1.75. The van der Waals surface area contributed by atoms with Crippen LogP contribution in [0.3, 0.4) is 0 Å². The van der Waals surface area contributed by atoms with Crippen molar-refractivity contribution < 1.29 is 9.18 Å². The zero-order chi connectivity index (χ0) is 16.4. The van der Waals surface area contributed by atoms with Gasteiger partial charge in [-0.15, -0.1) is 0 Å². The molecular formula is C17H15FN4O. The summed E-state index contributed by atoms with van der Waals surface area (Å²) in [5, 5.41) is 6.83. The van der Waals surface area contributed by atoms with Crippen LogP contribution < -0.4 is 5.32 Å². The molecule has 0 saturated carbocycles. The van der Waals surface area contributed by atoms with E-state index in [9.17, 15) is 9.18 Å². The predicted octanol–water partition coefficient (Wildman–Crippen LogP) is 3.18. The number of benzene rings is 1. The fourth-order valence-electron chi connectivity index (χ4n) is 2.25. The SMILES string of the molecule is Cc1nc(-c2ccc(F)cc2)ccc1C(=O)Nc1ccn(C)n1. The summed E-state index contributed by atoms with van der Waals surface area (Å²) in [5.41, 5.74) is 2.56. The molecule has 3 aromatic rings. The van der Waals surface area contributed by atoms with Crippen LogP contribution in [0.5, 0.6) is 0 Å². The first-order valence-electron chi connectivity index (χ1n) is 7.07. The van der Waals surface area contributed by atoms with Gasteiger partial charge < -0.3 is 5.32 Å². The summed E-state index contributed by atoms with van der Waals surface area (Å²) in [6, 6.07) is 11.2. The zero-order valence-electron chi connectivity index (χ0n) is 12.7. The molecule has 1 amide bonds. The number of carbonyl (C=O) groups excluding carboxylic acids is 1. The lowest BCUT2D eigenvalue weighted by atomic mass is 10.1. The van der Waals surface area contributed by atoms with Gasteiger partial charge in [0, 0.05) is 24.9 Å². The Morgan fingerprint density at radius 2 is 1.87 bits per heavy atom. The van der Waals surface area contributed by atoms with Gasteiger partial charge in [-0.05, 0) is 43.3 Å². The molecule has 2 aromatic heterocycles. The molecular weight excluding hydrogens is 295 g/mol. The lowest BCUT2D eigenvalue weighted by Crippen LogP contribution is -2.14. The van der Waals surface area contributed by atoms with E-state index in [2.05, 4.69) is 15.4 Å². The Morgan fingerprint density at radius 1 is 1.13 bits per heavy atom. The number of aryl methyl sites for hydroxylation is 2. The molecule has 3 rings (SSSR count). The van der Waals surface area contributed by atoms with Gasteiger partial charge in [-0.2, -0.15) is 5.10 Å². The van der Waals surface area contributed by atoms with Crippen molar-refractivity contribution >= 4 is 11.7 Å². The van der Waals surface area contributed by atoms with Crippen LogP contribution in [0.25, 0.3) is 11.3 Å². The van der Waals surface area contributed by atoms with Gasteiger partial charge in [0.25, 0.3) is 5.91 Å². The summed E-state index contributed by atoms with van der Waals surface area (Å²) in [7, 11) is 1.78. The molecule has 0 spiro atoms. The minimum atomic E-state index is -0.295. The standard InChI is InChI=1S/C17H15FN4O/c1-11-14(17(23)20-16-9-10-22(2)21-16)7-8-15(19-11)12-3-5-13(18)6-4-12/h3-10H,1-2H3,(H,20,21,23). The average molecular weight is 310 g/mol. The van der Waals surface area contributed by atoms with Crippen molar-refractivity contribution in [3.05, 3.63) is 65.7 Å². The highest BCUT2D eigenvalue weighted by Gasteiger charge is 2.12. The maximum absolute atomic E-state index is 13.0. The van der Waals surface area contributed by atoms with Crippen LogP contribution in [0.1, 0.15) is 16.1 Å². The Kier molecular flexibility index (Phi) is 3.89. The van der Waals surface area contributed by atoms with E-state index < -0.39 is 0 Å². The molecule has 1 aromatic carbocycles. The molecule has 0 atom stereocenters. The number of carbonyl (C=O) groups is 1. The topological polar surface area (TPSA) is 59.8 Å². The highest BCUT2D eigenvalue weighted by atomic mass is 19.1. The van der Waals surface area contributed by atoms with Gasteiger partial charge in [-0.25, -0.2) is 4.39 Å². The van der Waals surface area contributed by atoms with Crippen LogP contribution in [0.15, 0.2) is 48.7 Å². The third-order valence-corrected chi connectivity index (χ3v) is 3.43. The van der Waals surface area contributed by atoms with Crippen molar-refractivity contribution in [2.75, 3.05) is 5.32 Å². The number of rotatable bonds is 3. The van der Waals surface area contributed by atoms with E-state index in [1.807, 2.05) is 0 Å². The normalized spacial score (nSPS) is 10.6. The molecule has 0 unspecified atom stereocenters. The Hall–Kier alpha value is -3.02. The second-order valence-corrected chi connectivity index (χ2v) is 5.17. The van der Waals surface area contributed by atoms with Gasteiger partial charge in [0.05, 0.1) is 17.0 Å².